The molecule has 1 rings (SSSR count). The fourth-order valence-electron chi connectivity index (χ4n) is 2.48. The Balaban J connectivity index is 2.58. The van der Waals surface area contributed by atoms with E-state index >= 15 is 0 Å². The molecular weight excluding hydrogens is 323 g/mol. The summed E-state index contributed by atoms with van der Waals surface area (Å²) in [4.78, 5) is 24.5. The van der Waals surface area contributed by atoms with Crippen LogP contribution in [0.5, 0.6) is 0 Å². The number of hydrogen-bond donors (Lipinski definition) is 3. The Kier molecular flexibility index (Phi) is 8.55. The van der Waals surface area contributed by atoms with E-state index in [2.05, 4.69) is 10.6 Å². The van der Waals surface area contributed by atoms with Gasteiger partial charge < -0.3 is 15.7 Å². The van der Waals surface area contributed by atoms with Crippen molar-refractivity contribution in [1.29, 1.82) is 0 Å². The van der Waals surface area contributed by atoms with Crippen molar-refractivity contribution in [3.05, 3.63) is 35.6 Å². The number of aliphatic hydroxyl groups excluding tert-OH is 1. The van der Waals surface area contributed by atoms with Crippen LogP contribution in [0.4, 0.5) is 4.39 Å². The fourth-order valence-corrected chi connectivity index (χ4v) is 2.48. The molecule has 0 saturated carbocycles. The molecule has 0 bridgehead atoms. The smallest absolute Gasteiger partial charge is 0.227 e. The van der Waals surface area contributed by atoms with E-state index in [0.29, 0.717) is 13.0 Å². The molecule has 0 aromatic heterocycles. The number of amides is 2. The van der Waals surface area contributed by atoms with Crippen molar-refractivity contribution in [3.8, 4) is 0 Å². The molecule has 1 aromatic rings. The minimum Gasteiger partial charge on any atom is -0.396 e. The molecule has 140 valence electrons. The number of hydrogen-bond acceptors (Lipinski definition) is 3. The first-order chi connectivity index (χ1) is 11.8. The molecular formula is C19H29FN2O3. The zero-order valence-electron chi connectivity index (χ0n) is 15.4. The molecule has 3 N–H and O–H groups in total. The molecule has 3 atom stereocenters. The van der Waals surface area contributed by atoms with Crippen molar-refractivity contribution in [2.24, 2.45) is 11.8 Å². The lowest BCUT2D eigenvalue weighted by molar-refractivity contribution is -0.128. The fraction of sp³-hybridized carbons (Fsp3) is 0.579. The van der Waals surface area contributed by atoms with Gasteiger partial charge in [-0.3, -0.25) is 9.59 Å². The standard InChI is InChI=1S/C19H29FN2O3/c1-5-16(10-21-19(25)17(11-23)12(2)3)22-18(24)13(4)14-6-8-15(20)9-7-14/h6-9,12-13,16-17,23H,5,10-11H2,1-4H3,(H,21,25)(H,22,24). The van der Waals surface area contributed by atoms with E-state index < -0.39 is 11.8 Å². The molecule has 1 aromatic carbocycles. The lowest BCUT2D eigenvalue weighted by Gasteiger charge is -2.23. The van der Waals surface area contributed by atoms with Crippen LogP contribution in [0.3, 0.4) is 0 Å². The summed E-state index contributed by atoms with van der Waals surface area (Å²) in [6.07, 6.45) is 0.660. The van der Waals surface area contributed by atoms with Gasteiger partial charge in [0.1, 0.15) is 5.82 Å². The Bertz CT molecular complexity index is 560. The number of nitrogens with one attached hydrogen (secondary N) is 2. The number of rotatable bonds is 9. The van der Waals surface area contributed by atoms with Crippen molar-refractivity contribution in [1.82, 2.24) is 10.6 Å². The summed E-state index contributed by atoms with van der Waals surface area (Å²) in [7, 11) is 0. The summed E-state index contributed by atoms with van der Waals surface area (Å²) in [5, 5.41) is 15.0. The highest BCUT2D eigenvalue weighted by Crippen LogP contribution is 2.16. The number of benzene rings is 1. The van der Waals surface area contributed by atoms with Gasteiger partial charge in [-0.05, 0) is 37.0 Å². The first-order valence-corrected chi connectivity index (χ1v) is 8.74. The van der Waals surface area contributed by atoms with Crippen LogP contribution in [0.1, 0.15) is 45.6 Å². The molecule has 25 heavy (non-hydrogen) atoms. The molecule has 0 radical (unpaired) electrons. The first kappa shape index (κ1) is 21.1. The van der Waals surface area contributed by atoms with E-state index in [0.717, 1.165) is 5.56 Å². The summed E-state index contributed by atoms with van der Waals surface area (Å²) >= 11 is 0. The van der Waals surface area contributed by atoms with E-state index in [-0.39, 0.29) is 36.2 Å². The minimum absolute atomic E-state index is 0.0400. The maximum atomic E-state index is 13.0. The Morgan fingerprint density at radius 2 is 1.72 bits per heavy atom. The molecule has 6 heteroatoms. The van der Waals surface area contributed by atoms with Crippen molar-refractivity contribution in [2.75, 3.05) is 13.2 Å². The van der Waals surface area contributed by atoms with Gasteiger partial charge in [-0.25, -0.2) is 4.39 Å². The van der Waals surface area contributed by atoms with Gasteiger partial charge in [-0.15, -0.1) is 0 Å². The molecule has 2 amide bonds. The Morgan fingerprint density at radius 3 is 2.20 bits per heavy atom. The van der Waals surface area contributed by atoms with Crippen molar-refractivity contribution in [2.45, 2.75) is 46.1 Å². The maximum absolute atomic E-state index is 13.0. The van der Waals surface area contributed by atoms with Crippen LogP contribution in [0.15, 0.2) is 24.3 Å². The van der Waals surface area contributed by atoms with Crippen LogP contribution in [0.25, 0.3) is 0 Å². The zero-order chi connectivity index (χ0) is 19.0. The number of aliphatic hydroxyl groups is 1. The van der Waals surface area contributed by atoms with Gasteiger partial charge in [0.05, 0.1) is 18.4 Å². The quantitative estimate of drug-likeness (QED) is 0.637. The second-order valence-electron chi connectivity index (χ2n) is 6.67. The third-order valence-electron chi connectivity index (χ3n) is 4.46. The summed E-state index contributed by atoms with van der Waals surface area (Å²) in [5.74, 6) is -1.54. The molecule has 0 spiro atoms. The molecule has 5 nitrogen and oxygen atoms in total. The van der Waals surface area contributed by atoms with Crippen molar-refractivity contribution in [3.63, 3.8) is 0 Å². The topological polar surface area (TPSA) is 78.4 Å². The van der Waals surface area contributed by atoms with Crippen molar-refractivity contribution < 1.29 is 19.1 Å². The van der Waals surface area contributed by atoms with Crippen LogP contribution in [0.2, 0.25) is 0 Å². The van der Waals surface area contributed by atoms with Crippen LogP contribution in [-0.2, 0) is 9.59 Å². The third kappa shape index (κ3) is 6.46. The van der Waals surface area contributed by atoms with Crippen LogP contribution in [0, 0.1) is 17.7 Å². The van der Waals surface area contributed by atoms with Gasteiger partial charge in [-0.1, -0.05) is 32.9 Å². The van der Waals surface area contributed by atoms with Gasteiger partial charge in [0.15, 0.2) is 0 Å². The molecule has 3 unspecified atom stereocenters. The second-order valence-corrected chi connectivity index (χ2v) is 6.67. The van der Waals surface area contributed by atoms with Gasteiger partial charge in [0, 0.05) is 12.6 Å². The van der Waals surface area contributed by atoms with E-state index in [1.165, 1.54) is 12.1 Å². The van der Waals surface area contributed by atoms with Gasteiger partial charge in [0.25, 0.3) is 0 Å². The highest BCUT2D eigenvalue weighted by atomic mass is 19.1. The molecule has 0 saturated heterocycles. The van der Waals surface area contributed by atoms with E-state index in [1.54, 1.807) is 19.1 Å². The van der Waals surface area contributed by atoms with Crippen molar-refractivity contribution >= 4 is 11.8 Å². The number of carbonyl (C=O) groups is 2. The largest absolute Gasteiger partial charge is 0.396 e. The highest BCUT2D eigenvalue weighted by Gasteiger charge is 2.23. The lowest BCUT2D eigenvalue weighted by Crippen LogP contribution is -2.46. The van der Waals surface area contributed by atoms with E-state index in [1.807, 2.05) is 20.8 Å². The Hall–Kier alpha value is -1.95. The normalized spacial score (nSPS) is 14.7. The summed E-state index contributed by atoms with van der Waals surface area (Å²) in [6, 6.07) is 5.65. The average Bonchev–Trinajstić information content (AvgIpc) is 2.58. The molecule has 0 aliphatic rings. The SMILES string of the molecule is CCC(CNC(=O)C(CO)C(C)C)NC(=O)C(C)c1ccc(F)cc1. The Labute approximate surface area is 149 Å². The van der Waals surface area contributed by atoms with Crippen LogP contribution < -0.4 is 10.6 Å². The monoisotopic (exact) mass is 352 g/mol. The molecule has 0 heterocycles. The van der Waals surface area contributed by atoms with Gasteiger partial charge >= 0.3 is 0 Å². The minimum atomic E-state index is -0.452. The third-order valence-corrected chi connectivity index (χ3v) is 4.46. The predicted octanol–water partition coefficient (Wildman–Crippen LogP) is 2.20. The molecule has 0 fully saturated rings. The Morgan fingerprint density at radius 1 is 1.12 bits per heavy atom. The van der Waals surface area contributed by atoms with E-state index in [4.69, 9.17) is 0 Å². The summed E-state index contributed by atoms with van der Waals surface area (Å²) in [6.45, 7) is 7.54. The van der Waals surface area contributed by atoms with Gasteiger partial charge in [0.2, 0.25) is 11.8 Å². The second kappa shape index (κ2) is 10.1. The number of halogens is 1. The number of carbonyl (C=O) groups excluding carboxylic acids is 2. The van der Waals surface area contributed by atoms with Gasteiger partial charge in [-0.2, -0.15) is 0 Å². The highest BCUT2D eigenvalue weighted by molar-refractivity contribution is 5.83. The van der Waals surface area contributed by atoms with Crippen LogP contribution in [-0.4, -0.2) is 36.1 Å². The summed E-state index contributed by atoms with van der Waals surface area (Å²) < 4.78 is 13.0. The predicted molar refractivity (Wildman–Crippen MR) is 95.5 cm³/mol. The van der Waals surface area contributed by atoms with E-state index in [9.17, 15) is 19.1 Å². The molecule has 0 aliphatic heterocycles. The summed E-state index contributed by atoms with van der Waals surface area (Å²) in [5.41, 5.74) is 0.734. The first-order valence-electron chi connectivity index (χ1n) is 8.74. The van der Waals surface area contributed by atoms with Crippen LogP contribution >= 0.6 is 0 Å². The average molecular weight is 352 g/mol. The zero-order valence-corrected chi connectivity index (χ0v) is 15.4. The lowest BCUT2D eigenvalue weighted by atomic mass is 9.96. The maximum Gasteiger partial charge on any atom is 0.227 e. The molecule has 0 aliphatic carbocycles.